The number of hydrogen-bond acceptors (Lipinski definition) is 3. The number of nitrogens with one attached hydrogen (secondary N) is 1. The van der Waals surface area contributed by atoms with Gasteiger partial charge in [0, 0.05) is 24.1 Å². The zero-order valence-electron chi connectivity index (χ0n) is 12.4. The SMILES string of the molecule is CNc1cc(=O)n(-c2ccc(Cl)cc2)c([C@@H]2C[C@@H]3C[C@@H]3C2)n1. The van der Waals surface area contributed by atoms with Gasteiger partial charge in [-0.1, -0.05) is 11.6 Å². The van der Waals surface area contributed by atoms with Crippen molar-refractivity contribution in [3.63, 3.8) is 0 Å². The molecule has 0 saturated heterocycles. The molecule has 2 aromatic rings. The van der Waals surface area contributed by atoms with E-state index in [1.807, 2.05) is 24.3 Å². The van der Waals surface area contributed by atoms with Crippen molar-refractivity contribution in [3.8, 4) is 5.69 Å². The van der Waals surface area contributed by atoms with Crippen molar-refractivity contribution in [1.82, 2.24) is 9.55 Å². The van der Waals surface area contributed by atoms with Crippen LogP contribution in [0.4, 0.5) is 5.82 Å². The normalized spacial score (nSPS) is 25.8. The topological polar surface area (TPSA) is 46.9 Å². The van der Waals surface area contributed by atoms with Gasteiger partial charge in [0.15, 0.2) is 0 Å². The number of fused-ring (bicyclic) bond motifs is 1. The van der Waals surface area contributed by atoms with Crippen LogP contribution in [0.25, 0.3) is 5.69 Å². The molecule has 2 aliphatic carbocycles. The Balaban J connectivity index is 1.84. The summed E-state index contributed by atoms with van der Waals surface area (Å²) < 4.78 is 1.74. The quantitative estimate of drug-likeness (QED) is 0.943. The Kier molecular flexibility index (Phi) is 3.22. The van der Waals surface area contributed by atoms with Gasteiger partial charge < -0.3 is 5.32 Å². The van der Waals surface area contributed by atoms with Crippen LogP contribution in [0.2, 0.25) is 5.02 Å². The predicted molar refractivity (Wildman–Crippen MR) is 88.0 cm³/mol. The zero-order chi connectivity index (χ0) is 15.3. The Morgan fingerprint density at radius 3 is 2.50 bits per heavy atom. The second-order valence-corrected chi connectivity index (χ2v) is 6.76. The lowest BCUT2D eigenvalue weighted by Crippen LogP contribution is -2.25. The van der Waals surface area contributed by atoms with Crippen molar-refractivity contribution in [2.24, 2.45) is 11.8 Å². The fourth-order valence-electron chi connectivity index (χ4n) is 3.68. The standard InChI is InChI=1S/C17H18ClN3O/c1-19-15-9-16(22)21(14-4-2-13(18)3-5-14)17(20-15)12-7-10-6-11(10)8-12/h2-5,9-12,19H,6-8H2,1H3/t10-,11+,12+. The maximum atomic E-state index is 12.6. The van der Waals surface area contributed by atoms with Crippen molar-refractivity contribution in [2.75, 3.05) is 12.4 Å². The molecule has 4 rings (SSSR count). The molecule has 114 valence electrons. The second kappa shape index (κ2) is 5.13. The summed E-state index contributed by atoms with van der Waals surface area (Å²) in [5, 5.41) is 3.66. The molecule has 4 nitrogen and oxygen atoms in total. The van der Waals surface area contributed by atoms with Gasteiger partial charge in [-0.3, -0.25) is 9.36 Å². The van der Waals surface area contributed by atoms with Crippen LogP contribution in [0.1, 0.15) is 31.0 Å². The van der Waals surface area contributed by atoms with E-state index in [2.05, 4.69) is 5.32 Å². The summed E-state index contributed by atoms with van der Waals surface area (Å²) >= 11 is 5.97. The van der Waals surface area contributed by atoms with E-state index in [1.165, 1.54) is 6.42 Å². The molecule has 1 heterocycles. The summed E-state index contributed by atoms with van der Waals surface area (Å²) in [5.74, 6) is 3.59. The first-order valence-corrected chi connectivity index (χ1v) is 8.11. The fraction of sp³-hybridized carbons (Fsp3) is 0.412. The predicted octanol–water partition coefficient (Wildman–Crippen LogP) is 3.44. The third-order valence-corrected chi connectivity index (χ3v) is 5.15. The molecule has 5 heteroatoms. The molecule has 0 aliphatic heterocycles. The molecule has 1 aromatic heterocycles. The van der Waals surface area contributed by atoms with Crippen LogP contribution in [0.3, 0.4) is 0 Å². The number of hydrogen-bond donors (Lipinski definition) is 1. The summed E-state index contributed by atoms with van der Waals surface area (Å²) in [4.78, 5) is 17.3. The summed E-state index contributed by atoms with van der Waals surface area (Å²) in [6.45, 7) is 0. The summed E-state index contributed by atoms with van der Waals surface area (Å²) in [6, 6.07) is 8.93. The summed E-state index contributed by atoms with van der Waals surface area (Å²) in [6.07, 6.45) is 3.66. The molecule has 2 aliphatic rings. The Morgan fingerprint density at radius 2 is 1.86 bits per heavy atom. The van der Waals surface area contributed by atoms with Gasteiger partial charge in [-0.2, -0.15) is 0 Å². The van der Waals surface area contributed by atoms with Gasteiger partial charge in [-0.05, 0) is 55.4 Å². The van der Waals surface area contributed by atoms with Crippen LogP contribution in [0.5, 0.6) is 0 Å². The number of rotatable bonds is 3. The molecule has 0 amide bonds. The molecule has 0 unspecified atom stereocenters. The van der Waals surface area contributed by atoms with Crippen molar-refractivity contribution in [2.45, 2.75) is 25.2 Å². The van der Waals surface area contributed by atoms with Crippen LogP contribution < -0.4 is 10.9 Å². The first-order valence-electron chi connectivity index (χ1n) is 7.73. The van der Waals surface area contributed by atoms with E-state index in [1.54, 1.807) is 17.7 Å². The number of benzene rings is 1. The van der Waals surface area contributed by atoms with Gasteiger partial charge >= 0.3 is 0 Å². The number of halogens is 1. The second-order valence-electron chi connectivity index (χ2n) is 6.32. The van der Waals surface area contributed by atoms with Crippen LogP contribution in [0, 0.1) is 11.8 Å². The monoisotopic (exact) mass is 315 g/mol. The molecular formula is C17H18ClN3O. The molecule has 3 atom stereocenters. The van der Waals surface area contributed by atoms with Crippen LogP contribution in [-0.4, -0.2) is 16.6 Å². The first kappa shape index (κ1) is 13.8. The first-order chi connectivity index (χ1) is 10.7. The molecule has 0 radical (unpaired) electrons. The number of nitrogens with zero attached hydrogens (tertiary/aromatic N) is 2. The highest BCUT2D eigenvalue weighted by Crippen LogP contribution is 2.57. The van der Waals surface area contributed by atoms with Gasteiger partial charge in [0.25, 0.3) is 5.56 Å². The van der Waals surface area contributed by atoms with E-state index < -0.39 is 0 Å². The minimum atomic E-state index is -0.0442. The Hall–Kier alpha value is -1.81. The molecule has 2 saturated carbocycles. The van der Waals surface area contributed by atoms with Gasteiger partial charge in [-0.15, -0.1) is 0 Å². The molecular weight excluding hydrogens is 298 g/mol. The maximum absolute atomic E-state index is 12.6. The average molecular weight is 316 g/mol. The van der Waals surface area contributed by atoms with E-state index in [-0.39, 0.29) is 5.56 Å². The van der Waals surface area contributed by atoms with Crippen molar-refractivity contribution >= 4 is 17.4 Å². The minimum absolute atomic E-state index is 0.0442. The largest absolute Gasteiger partial charge is 0.373 e. The third-order valence-electron chi connectivity index (χ3n) is 4.89. The van der Waals surface area contributed by atoms with Crippen LogP contribution >= 0.6 is 11.6 Å². The maximum Gasteiger partial charge on any atom is 0.260 e. The highest BCUT2D eigenvalue weighted by atomic mass is 35.5. The average Bonchev–Trinajstić information content (AvgIpc) is 3.13. The molecule has 0 bridgehead atoms. The lowest BCUT2D eigenvalue weighted by atomic mass is 10.0. The Bertz CT molecular complexity index is 758. The molecule has 0 spiro atoms. The molecule has 1 N–H and O–H groups in total. The lowest BCUT2D eigenvalue weighted by molar-refractivity contribution is 0.569. The summed E-state index contributed by atoms with van der Waals surface area (Å²) in [7, 11) is 1.80. The van der Waals surface area contributed by atoms with Crippen LogP contribution in [-0.2, 0) is 0 Å². The lowest BCUT2D eigenvalue weighted by Gasteiger charge is -2.19. The Morgan fingerprint density at radius 1 is 1.18 bits per heavy atom. The van der Waals surface area contributed by atoms with Gasteiger partial charge in [0.05, 0.1) is 5.69 Å². The van der Waals surface area contributed by atoms with E-state index >= 15 is 0 Å². The number of anilines is 1. The fourth-order valence-corrected chi connectivity index (χ4v) is 3.80. The van der Waals surface area contributed by atoms with Gasteiger partial charge in [0.2, 0.25) is 0 Å². The van der Waals surface area contributed by atoms with E-state index in [4.69, 9.17) is 16.6 Å². The molecule has 22 heavy (non-hydrogen) atoms. The molecule has 2 fully saturated rings. The summed E-state index contributed by atoms with van der Waals surface area (Å²) in [5.41, 5.74) is 0.789. The molecule has 1 aromatic carbocycles. The minimum Gasteiger partial charge on any atom is -0.373 e. The van der Waals surface area contributed by atoms with Crippen molar-refractivity contribution < 1.29 is 0 Å². The number of aromatic nitrogens is 2. The van der Waals surface area contributed by atoms with E-state index in [9.17, 15) is 4.79 Å². The van der Waals surface area contributed by atoms with Crippen molar-refractivity contribution in [1.29, 1.82) is 0 Å². The Labute approximate surface area is 134 Å². The third kappa shape index (κ3) is 2.31. The van der Waals surface area contributed by atoms with Gasteiger partial charge in [0.1, 0.15) is 11.6 Å². The smallest absolute Gasteiger partial charge is 0.260 e. The highest BCUT2D eigenvalue weighted by molar-refractivity contribution is 6.30. The van der Waals surface area contributed by atoms with Crippen LogP contribution in [0.15, 0.2) is 35.1 Å². The van der Waals surface area contributed by atoms with E-state index in [0.29, 0.717) is 16.8 Å². The van der Waals surface area contributed by atoms with Crippen molar-refractivity contribution in [3.05, 3.63) is 51.5 Å². The van der Waals surface area contributed by atoms with Gasteiger partial charge in [-0.25, -0.2) is 4.98 Å². The highest BCUT2D eigenvalue weighted by Gasteiger charge is 2.47. The zero-order valence-corrected chi connectivity index (χ0v) is 13.2. The van der Waals surface area contributed by atoms with E-state index in [0.717, 1.165) is 36.2 Å².